The van der Waals surface area contributed by atoms with E-state index >= 15 is 0 Å². The third-order valence-electron chi connectivity index (χ3n) is 4.89. The lowest BCUT2D eigenvalue weighted by atomic mass is 9.98. The smallest absolute Gasteiger partial charge is 0.234 e. The molecular weight excluding hydrogens is 280 g/mol. The van der Waals surface area contributed by atoms with Gasteiger partial charge in [0.1, 0.15) is 0 Å². The van der Waals surface area contributed by atoms with E-state index in [1.165, 1.54) is 12.8 Å². The lowest BCUT2D eigenvalue weighted by Crippen LogP contribution is -2.50. The van der Waals surface area contributed by atoms with Crippen molar-refractivity contribution in [3.63, 3.8) is 0 Å². The number of carbonyl (C=O) groups excluding carboxylic acids is 1. The van der Waals surface area contributed by atoms with Crippen LogP contribution in [0.4, 0.5) is 0 Å². The second-order valence-corrected chi connectivity index (χ2v) is 6.55. The second-order valence-electron chi connectivity index (χ2n) is 6.55. The summed E-state index contributed by atoms with van der Waals surface area (Å²) in [5.74, 6) is 0.686. The van der Waals surface area contributed by atoms with Gasteiger partial charge in [-0.3, -0.25) is 9.69 Å². The molecule has 2 fully saturated rings. The summed E-state index contributed by atoms with van der Waals surface area (Å²) < 4.78 is 0. The normalized spacial score (nSPS) is 25.3. The molecule has 0 aromatic heterocycles. The van der Waals surface area contributed by atoms with Gasteiger partial charge in [-0.2, -0.15) is 0 Å². The molecule has 2 aliphatic heterocycles. The fourth-order valence-electron chi connectivity index (χ4n) is 3.44. The van der Waals surface area contributed by atoms with Crippen LogP contribution in [0.1, 0.15) is 19.8 Å². The molecule has 0 unspecified atom stereocenters. The summed E-state index contributed by atoms with van der Waals surface area (Å²) in [6, 6.07) is 0. The van der Waals surface area contributed by atoms with E-state index in [4.69, 9.17) is 5.11 Å². The number of amides is 1. The molecule has 2 aliphatic rings. The number of likely N-dealkylation sites (N-methyl/N-ethyl adjacent to an activating group) is 1. The number of carbonyl (C=O) groups is 1. The third-order valence-corrected chi connectivity index (χ3v) is 4.89. The minimum atomic E-state index is 0.157. The number of piperidine rings is 1. The van der Waals surface area contributed by atoms with Crippen molar-refractivity contribution < 1.29 is 9.90 Å². The molecular formula is C16H32N4O2. The van der Waals surface area contributed by atoms with E-state index in [0.717, 1.165) is 58.9 Å². The first-order chi connectivity index (χ1) is 10.7. The van der Waals surface area contributed by atoms with Crippen LogP contribution in [-0.4, -0.2) is 97.8 Å². The molecule has 2 heterocycles. The van der Waals surface area contributed by atoms with Gasteiger partial charge in [-0.15, -0.1) is 0 Å². The summed E-state index contributed by atoms with van der Waals surface area (Å²) >= 11 is 0. The van der Waals surface area contributed by atoms with Gasteiger partial charge in [0.05, 0.1) is 13.2 Å². The van der Waals surface area contributed by atoms with Crippen molar-refractivity contribution in [3.8, 4) is 0 Å². The van der Waals surface area contributed by atoms with E-state index < -0.39 is 0 Å². The number of rotatable bonds is 7. The van der Waals surface area contributed by atoms with Crippen LogP contribution >= 0.6 is 0 Å². The van der Waals surface area contributed by atoms with E-state index in [2.05, 4.69) is 26.9 Å². The zero-order valence-corrected chi connectivity index (χ0v) is 14.0. The van der Waals surface area contributed by atoms with Crippen molar-refractivity contribution >= 4 is 5.91 Å². The van der Waals surface area contributed by atoms with Crippen molar-refractivity contribution in [2.75, 3.05) is 72.1 Å². The molecule has 1 atom stereocenters. The summed E-state index contributed by atoms with van der Waals surface area (Å²) in [5.41, 5.74) is 0. The predicted molar refractivity (Wildman–Crippen MR) is 87.8 cm³/mol. The average molecular weight is 312 g/mol. The largest absolute Gasteiger partial charge is 0.395 e. The maximum absolute atomic E-state index is 12.1. The van der Waals surface area contributed by atoms with E-state index in [1.807, 2.05) is 0 Å². The summed E-state index contributed by atoms with van der Waals surface area (Å²) in [5, 5.41) is 12.1. The fraction of sp³-hybridized carbons (Fsp3) is 0.938. The number of hydrogen-bond acceptors (Lipinski definition) is 5. The molecule has 0 aliphatic carbocycles. The minimum Gasteiger partial charge on any atom is -0.395 e. The third kappa shape index (κ3) is 5.83. The topological polar surface area (TPSA) is 59.0 Å². The molecule has 0 aromatic carbocycles. The molecule has 2 rings (SSSR count). The van der Waals surface area contributed by atoms with E-state index in [1.54, 1.807) is 0 Å². The predicted octanol–water partition coefficient (Wildman–Crippen LogP) is -0.556. The number of piperazine rings is 1. The van der Waals surface area contributed by atoms with Crippen LogP contribution in [0.15, 0.2) is 0 Å². The Morgan fingerprint density at radius 1 is 1.14 bits per heavy atom. The van der Waals surface area contributed by atoms with E-state index in [9.17, 15) is 4.79 Å². The standard InChI is InChI=1S/C16H32N4O2/c1-2-18-6-8-20(9-7-18)14-16(22)17-12-15-4-3-5-19(13-15)10-11-21/h15,21H,2-14H2,1H3,(H,17,22)/t15-/m1/s1. The number of nitrogens with one attached hydrogen (secondary N) is 1. The summed E-state index contributed by atoms with van der Waals surface area (Å²) in [4.78, 5) is 19.1. The van der Waals surface area contributed by atoms with Crippen LogP contribution in [-0.2, 0) is 4.79 Å². The molecule has 0 bridgehead atoms. The number of likely N-dealkylation sites (tertiary alicyclic amines) is 1. The van der Waals surface area contributed by atoms with E-state index in [0.29, 0.717) is 12.5 Å². The van der Waals surface area contributed by atoms with E-state index in [-0.39, 0.29) is 12.5 Å². The monoisotopic (exact) mass is 312 g/mol. The van der Waals surface area contributed by atoms with Gasteiger partial charge in [-0.05, 0) is 31.8 Å². The Labute approximate surface area is 134 Å². The van der Waals surface area contributed by atoms with Gasteiger partial charge in [-0.25, -0.2) is 0 Å². The second kappa shape index (κ2) is 9.45. The Morgan fingerprint density at radius 2 is 1.86 bits per heavy atom. The summed E-state index contributed by atoms with van der Waals surface area (Å²) in [7, 11) is 0. The maximum atomic E-state index is 12.1. The summed E-state index contributed by atoms with van der Waals surface area (Å²) in [6.07, 6.45) is 2.34. The lowest BCUT2D eigenvalue weighted by molar-refractivity contribution is -0.122. The molecule has 128 valence electrons. The van der Waals surface area contributed by atoms with Gasteiger partial charge in [0.2, 0.25) is 5.91 Å². The molecule has 2 N–H and O–H groups in total. The average Bonchev–Trinajstić information content (AvgIpc) is 2.54. The first-order valence-electron chi connectivity index (χ1n) is 8.76. The first kappa shape index (κ1) is 17.7. The van der Waals surface area contributed by atoms with Crippen LogP contribution in [0.3, 0.4) is 0 Å². The van der Waals surface area contributed by atoms with Gasteiger partial charge in [0.25, 0.3) is 0 Å². The highest BCUT2D eigenvalue weighted by Gasteiger charge is 2.21. The zero-order chi connectivity index (χ0) is 15.8. The highest BCUT2D eigenvalue weighted by molar-refractivity contribution is 5.78. The number of hydrogen-bond donors (Lipinski definition) is 2. The van der Waals surface area contributed by atoms with Crippen molar-refractivity contribution in [1.82, 2.24) is 20.0 Å². The van der Waals surface area contributed by atoms with Crippen LogP contribution < -0.4 is 5.32 Å². The zero-order valence-electron chi connectivity index (χ0n) is 14.0. The number of β-amino-alcohol motifs (C(OH)–C–C–N with tert-alkyl or cyclic N) is 1. The maximum Gasteiger partial charge on any atom is 0.234 e. The van der Waals surface area contributed by atoms with Crippen LogP contribution in [0, 0.1) is 5.92 Å². The quantitative estimate of drug-likeness (QED) is 0.660. The molecule has 22 heavy (non-hydrogen) atoms. The number of aliphatic hydroxyl groups excluding tert-OH is 1. The van der Waals surface area contributed by atoms with Gasteiger partial charge >= 0.3 is 0 Å². The minimum absolute atomic E-state index is 0.157. The Bertz CT molecular complexity index is 330. The Hall–Kier alpha value is -0.690. The molecule has 0 aromatic rings. The van der Waals surface area contributed by atoms with Crippen molar-refractivity contribution in [2.24, 2.45) is 5.92 Å². The number of nitrogens with zero attached hydrogens (tertiary/aromatic N) is 3. The van der Waals surface area contributed by atoms with Gasteiger partial charge in [0, 0.05) is 45.8 Å². The van der Waals surface area contributed by atoms with Crippen LogP contribution in [0.5, 0.6) is 0 Å². The summed E-state index contributed by atoms with van der Waals surface area (Å²) in [6.45, 7) is 11.8. The molecule has 6 nitrogen and oxygen atoms in total. The molecule has 0 spiro atoms. The van der Waals surface area contributed by atoms with Crippen LogP contribution in [0.2, 0.25) is 0 Å². The molecule has 0 saturated carbocycles. The molecule has 0 radical (unpaired) electrons. The van der Waals surface area contributed by atoms with Crippen molar-refractivity contribution in [3.05, 3.63) is 0 Å². The SMILES string of the molecule is CCN1CCN(CC(=O)NC[C@H]2CCCN(CCO)C2)CC1. The Balaban J connectivity index is 1.61. The first-order valence-corrected chi connectivity index (χ1v) is 8.76. The molecule has 6 heteroatoms. The number of aliphatic hydroxyl groups is 1. The molecule has 1 amide bonds. The van der Waals surface area contributed by atoms with Gasteiger partial charge in [0.15, 0.2) is 0 Å². The van der Waals surface area contributed by atoms with Crippen molar-refractivity contribution in [1.29, 1.82) is 0 Å². The fourth-order valence-corrected chi connectivity index (χ4v) is 3.44. The Kier molecular flexibility index (Phi) is 7.59. The Morgan fingerprint density at radius 3 is 2.55 bits per heavy atom. The van der Waals surface area contributed by atoms with Gasteiger partial charge in [-0.1, -0.05) is 6.92 Å². The highest BCUT2D eigenvalue weighted by atomic mass is 16.3. The lowest BCUT2D eigenvalue weighted by Gasteiger charge is -2.34. The van der Waals surface area contributed by atoms with Crippen molar-refractivity contribution in [2.45, 2.75) is 19.8 Å². The van der Waals surface area contributed by atoms with Gasteiger partial charge < -0.3 is 20.2 Å². The van der Waals surface area contributed by atoms with Crippen LogP contribution in [0.25, 0.3) is 0 Å². The molecule has 2 saturated heterocycles. The highest BCUT2D eigenvalue weighted by Crippen LogP contribution is 2.15.